The number of ketones is 1. The van der Waals surface area contributed by atoms with E-state index in [2.05, 4.69) is 12.1 Å². The molecule has 0 saturated carbocycles. The number of Topliss-reactive ketones (excluding diaryl/α,β-unsaturated/α-hetero) is 1. The number of carbonyl (C=O) groups excluding carboxylic acids is 1. The van der Waals surface area contributed by atoms with Gasteiger partial charge in [-0.2, -0.15) is 0 Å². The lowest BCUT2D eigenvalue weighted by molar-refractivity contribution is -0.118. The van der Waals surface area contributed by atoms with E-state index in [1.165, 1.54) is 51.2 Å². The molecule has 0 unspecified atom stereocenters. The number of unbranched alkanes of at least 4 members (excludes halogenated alkanes) is 8. The fourth-order valence-corrected chi connectivity index (χ4v) is 1.88. The van der Waals surface area contributed by atoms with Crippen LogP contribution in [0.15, 0.2) is 5.16 Å². The molecule has 3 nitrogen and oxygen atoms in total. The molecule has 17 heavy (non-hydrogen) atoms. The van der Waals surface area contributed by atoms with Gasteiger partial charge in [-0.1, -0.05) is 58.3 Å². The van der Waals surface area contributed by atoms with Gasteiger partial charge in [0.05, 0.1) is 6.21 Å². The molecule has 0 aromatic carbocycles. The molecule has 0 heterocycles. The van der Waals surface area contributed by atoms with Gasteiger partial charge in [0.25, 0.3) is 0 Å². The van der Waals surface area contributed by atoms with E-state index in [0.717, 1.165) is 12.8 Å². The molecule has 0 atom stereocenters. The van der Waals surface area contributed by atoms with Crippen molar-refractivity contribution in [1.82, 2.24) is 0 Å². The predicted molar refractivity (Wildman–Crippen MR) is 71.7 cm³/mol. The first-order valence-corrected chi connectivity index (χ1v) is 6.98. The zero-order valence-electron chi connectivity index (χ0n) is 11.2. The first-order chi connectivity index (χ1) is 8.31. The molecule has 0 radical (unpaired) electrons. The maximum Gasteiger partial charge on any atom is 0.138 e. The average molecular weight is 241 g/mol. The molecule has 100 valence electrons. The van der Waals surface area contributed by atoms with Crippen LogP contribution < -0.4 is 0 Å². The maximum absolute atomic E-state index is 11.2. The lowest BCUT2D eigenvalue weighted by Gasteiger charge is -2.01. The third kappa shape index (κ3) is 13.1. The minimum atomic E-state index is 0.172. The molecule has 0 spiro atoms. The SMILES string of the molecule is CCCCCCCCCCCC(=O)CC=NO. The van der Waals surface area contributed by atoms with E-state index >= 15 is 0 Å². The highest BCUT2D eigenvalue weighted by molar-refractivity contribution is 5.91. The minimum Gasteiger partial charge on any atom is -0.411 e. The zero-order valence-corrected chi connectivity index (χ0v) is 11.2. The quantitative estimate of drug-likeness (QED) is 0.239. The van der Waals surface area contributed by atoms with Gasteiger partial charge in [-0.3, -0.25) is 4.79 Å². The van der Waals surface area contributed by atoms with Crippen LogP contribution in [0, 0.1) is 0 Å². The summed E-state index contributed by atoms with van der Waals surface area (Å²) in [6.07, 6.45) is 13.6. The van der Waals surface area contributed by atoms with E-state index in [9.17, 15) is 4.79 Å². The summed E-state index contributed by atoms with van der Waals surface area (Å²) in [6, 6.07) is 0. The van der Waals surface area contributed by atoms with Crippen LogP contribution in [0.1, 0.15) is 77.6 Å². The van der Waals surface area contributed by atoms with Crippen molar-refractivity contribution in [2.24, 2.45) is 5.16 Å². The van der Waals surface area contributed by atoms with E-state index in [1.54, 1.807) is 0 Å². The first kappa shape index (κ1) is 16.1. The minimum absolute atomic E-state index is 0.172. The molecule has 0 rings (SSSR count). The monoisotopic (exact) mass is 241 g/mol. The molecular weight excluding hydrogens is 214 g/mol. The smallest absolute Gasteiger partial charge is 0.138 e. The Kier molecular flexibility index (Phi) is 12.5. The van der Waals surface area contributed by atoms with Gasteiger partial charge in [0, 0.05) is 12.8 Å². The Morgan fingerprint density at radius 2 is 1.53 bits per heavy atom. The van der Waals surface area contributed by atoms with Gasteiger partial charge in [-0.05, 0) is 6.42 Å². The third-order valence-corrected chi connectivity index (χ3v) is 2.96. The molecule has 0 fully saturated rings. The predicted octanol–water partition coefficient (Wildman–Crippen LogP) is 4.33. The second-order valence-corrected chi connectivity index (χ2v) is 4.62. The van der Waals surface area contributed by atoms with E-state index in [1.807, 2.05) is 0 Å². The number of carbonyl (C=O) groups is 1. The van der Waals surface area contributed by atoms with Crippen molar-refractivity contribution in [2.45, 2.75) is 77.6 Å². The van der Waals surface area contributed by atoms with Gasteiger partial charge in [0.1, 0.15) is 5.78 Å². The van der Waals surface area contributed by atoms with Crippen molar-refractivity contribution in [2.75, 3.05) is 0 Å². The summed E-state index contributed by atoms with van der Waals surface area (Å²) in [5, 5.41) is 11.0. The van der Waals surface area contributed by atoms with E-state index in [0.29, 0.717) is 6.42 Å². The molecule has 0 aliphatic rings. The molecule has 0 bridgehead atoms. The normalized spacial score (nSPS) is 11.1. The molecular formula is C14H27NO2. The summed E-state index contributed by atoms with van der Waals surface area (Å²) < 4.78 is 0. The molecule has 3 heteroatoms. The Balaban J connectivity index is 3.10. The van der Waals surface area contributed by atoms with Gasteiger partial charge < -0.3 is 5.21 Å². The Morgan fingerprint density at radius 1 is 1.00 bits per heavy atom. The Bertz CT molecular complexity index is 202. The van der Waals surface area contributed by atoms with Crippen LogP contribution in [0.4, 0.5) is 0 Å². The lowest BCUT2D eigenvalue weighted by Crippen LogP contribution is -1.98. The van der Waals surface area contributed by atoms with Crippen molar-refractivity contribution in [3.05, 3.63) is 0 Å². The van der Waals surface area contributed by atoms with Gasteiger partial charge >= 0.3 is 0 Å². The van der Waals surface area contributed by atoms with Gasteiger partial charge in [-0.15, -0.1) is 5.16 Å². The van der Waals surface area contributed by atoms with Crippen molar-refractivity contribution < 1.29 is 10.0 Å². The summed E-state index contributed by atoms with van der Waals surface area (Å²) in [7, 11) is 0. The Morgan fingerprint density at radius 3 is 2.06 bits per heavy atom. The summed E-state index contributed by atoms with van der Waals surface area (Å²) in [5.74, 6) is 0.172. The van der Waals surface area contributed by atoms with Crippen LogP contribution in [0.25, 0.3) is 0 Å². The topological polar surface area (TPSA) is 49.7 Å². The molecule has 1 N–H and O–H groups in total. The standard InChI is InChI=1S/C14H27NO2/c1-2-3-4-5-6-7-8-9-10-11-14(16)12-13-15-17/h13,17H,2-12H2,1H3. The highest BCUT2D eigenvalue weighted by Gasteiger charge is 1.99. The first-order valence-electron chi connectivity index (χ1n) is 6.98. The van der Waals surface area contributed by atoms with Crippen LogP contribution in [-0.4, -0.2) is 17.2 Å². The highest BCUT2D eigenvalue weighted by atomic mass is 16.4. The summed E-state index contributed by atoms with van der Waals surface area (Å²) in [4.78, 5) is 11.2. The molecule has 0 aliphatic heterocycles. The molecule has 0 saturated heterocycles. The maximum atomic E-state index is 11.2. The van der Waals surface area contributed by atoms with Crippen LogP contribution in [0.3, 0.4) is 0 Å². The highest BCUT2D eigenvalue weighted by Crippen LogP contribution is 2.10. The van der Waals surface area contributed by atoms with Crippen LogP contribution in [0.5, 0.6) is 0 Å². The molecule has 0 aromatic heterocycles. The fourth-order valence-electron chi connectivity index (χ4n) is 1.88. The van der Waals surface area contributed by atoms with E-state index in [-0.39, 0.29) is 12.2 Å². The van der Waals surface area contributed by atoms with Crippen LogP contribution in [-0.2, 0) is 4.79 Å². The number of oxime groups is 1. The second-order valence-electron chi connectivity index (χ2n) is 4.62. The second kappa shape index (κ2) is 13.2. The fraction of sp³-hybridized carbons (Fsp3) is 0.857. The number of hydrogen-bond donors (Lipinski definition) is 1. The van der Waals surface area contributed by atoms with Gasteiger partial charge in [0.2, 0.25) is 0 Å². The van der Waals surface area contributed by atoms with E-state index < -0.39 is 0 Å². The average Bonchev–Trinajstić information content (AvgIpc) is 2.34. The number of rotatable bonds is 12. The molecule has 0 aromatic rings. The van der Waals surface area contributed by atoms with Crippen LogP contribution >= 0.6 is 0 Å². The zero-order chi connectivity index (χ0) is 12.8. The third-order valence-electron chi connectivity index (χ3n) is 2.96. The number of nitrogens with zero attached hydrogens (tertiary/aromatic N) is 1. The molecule has 0 aliphatic carbocycles. The van der Waals surface area contributed by atoms with Crippen molar-refractivity contribution in [3.8, 4) is 0 Å². The number of hydrogen-bond acceptors (Lipinski definition) is 3. The Hall–Kier alpha value is -0.860. The summed E-state index contributed by atoms with van der Waals surface area (Å²) >= 11 is 0. The lowest BCUT2D eigenvalue weighted by atomic mass is 10.1. The molecule has 0 amide bonds. The van der Waals surface area contributed by atoms with Gasteiger partial charge in [-0.25, -0.2) is 0 Å². The van der Waals surface area contributed by atoms with Crippen molar-refractivity contribution in [1.29, 1.82) is 0 Å². The summed E-state index contributed by atoms with van der Waals surface area (Å²) in [5.41, 5.74) is 0. The van der Waals surface area contributed by atoms with Crippen molar-refractivity contribution >= 4 is 12.0 Å². The van der Waals surface area contributed by atoms with Crippen molar-refractivity contribution in [3.63, 3.8) is 0 Å². The Labute approximate surface area is 105 Å². The van der Waals surface area contributed by atoms with Gasteiger partial charge in [0.15, 0.2) is 0 Å². The van der Waals surface area contributed by atoms with E-state index in [4.69, 9.17) is 5.21 Å². The van der Waals surface area contributed by atoms with Crippen LogP contribution in [0.2, 0.25) is 0 Å². The largest absolute Gasteiger partial charge is 0.411 e. The summed E-state index contributed by atoms with van der Waals surface area (Å²) in [6.45, 7) is 2.23.